The van der Waals surface area contributed by atoms with E-state index in [1.54, 1.807) is 0 Å². The van der Waals surface area contributed by atoms with E-state index in [1.807, 2.05) is 35.0 Å². The highest BCUT2D eigenvalue weighted by Gasteiger charge is 2.30. The van der Waals surface area contributed by atoms with E-state index in [1.165, 1.54) is 12.1 Å². The van der Waals surface area contributed by atoms with Gasteiger partial charge in [-0.25, -0.2) is 9.07 Å². The maximum absolute atomic E-state index is 13.3. The summed E-state index contributed by atoms with van der Waals surface area (Å²) in [5.74, 6) is 2.71. The predicted octanol–water partition coefficient (Wildman–Crippen LogP) is 3.50. The summed E-state index contributed by atoms with van der Waals surface area (Å²) >= 11 is 0. The van der Waals surface area contributed by atoms with Crippen LogP contribution in [0.1, 0.15) is 37.7 Å². The second-order valence-electron chi connectivity index (χ2n) is 9.03. The average molecular weight is 453 g/mol. The molecular weight excluding hydrogens is 423 g/mol. The molecule has 0 N–H and O–H groups in total. The van der Waals surface area contributed by atoms with Gasteiger partial charge in [0.05, 0.1) is 12.6 Å². The summed E-state index contributed by atoms with van der Waals surface area (Å²) in [5.41, 5.74) is 2.13. The van der Waals surface area contributed by atoms with Gasteiger partial charge in [-0.3, -0.25) is 4.90 Å². The van der Waals surface area contributed by atoms with E-state index in [-0.39, 0.29) is 18.7 Å². The maximum atomic E-state index is 13.3. The zero-order valence-electron chi connectivity index (χ0n) is 19.0. The van der Waals surface area contributed by atoms with Crippen molar-refractivity contribution in [3.63, 3.8) is 0 Å². The van der Waals surface area contributed by atoms with Gasteiger partial charge in [0.25, 0.3) is 0 Å². The molecular formula is C24H29FN6O2. The molecule has 2 aromatic carbocycles. The summed E-state index contributed by atoms with van der Waals surface area (Å²) < 4.78 is 26.1. The van der Waals surface area contributed by atoms with Gasteiger partial charge in [0, 0.05) is 31.9 Å². The fourth-order valence-electron chi connectivity index (χ4n) is 4.58. The number of aromatic nitrogens is 4. The quantitative estimate of drug-likeness (QED) is 0.544. The Labute approximate surface area is 192 Å². The van der Waals surface area contributed by atoms with E-state index in [0.717, 1.165) is 61.2 Å². The molecule has 3 aromatic rings. The van der Waals surface area contributed by atoms with Crippen LogP contribution in [-0.2, 0) is 6.54 Å². The summed E-state index contributed by atoms with van der Waals surface area (Å²) in [7, 11) is 0. The van der Waals surface area contributed by atoms with E-state index < -0.39 is 0 Å². The SMILES string of the molecule is CC(C)C[C@H](c1nnnn1Cc1ccc2c(c1)OCO2)N1CCN(c2ccc(F)cc2)CC1. The number of ether oxygens (including phenoxy) is 2. The van der Waals surface area contributed by atoms with Crippen LogP contribution in [-0.4, -0.2) is 58.1 Å². The van der Waals surface area contributed by atoms with E-state index in [9.17, 15) is 4.39 Å². The molecule has 0 unspecified atom stereocenters. The molecule has 8 nitrogen and oxygen atoms in total. The number of hydrogen-bond donors (Lipinski definition) is 0. The Morgan fingerprint density at radius 3 is 2.48 bits per heavy atom. The maximum Gasteiger partial charge on any atom is 0.231 e. The summed E-state index contributed by atoms with van der Waals surface area (Å²) in [6.07, 6.45) is 0.970. The number of benzene rings is 2. The molecule has 0 amide bonds. The van der Waals surface area contributed by atoms with Gasteiger partial charge < -0.3 is 14.4 Å². The normalized spacial score (nSPS) is 17.0. The Hall–Kier alpha value is -3.20. The van der Waals surface area contributed by atoms with Crippen molar-refractivity contribution in [1.29, 1.82) is 0 Å². The Morgan fingerprint density at radius 2 is 1.73 bits per heavy atom. The lowest BCUT2D eigenvalue weighted by Crippen LogP contribution is -2.48. The Kier molecular flexibility index (Phi) is 6.13. The van der Waals surface area contributed by atoms with Crippen molar-refractivity contribution in [1.82, 2.24) is 25.1 Å². The second kappa shape index (κ2) is 9.35. The first-order chi connectivity index (χ1) is 16.1. The number of fused-ring (bicyclic) bond motifs is 1. The molecule has 1 saturated heterocycles. The van der Waals surface area contributed by atoms with Crippen molar-refractivity contribution >= 4 is 5.69 Å². The first-order valence-electron chi connectivity index (χ1n) is 11.5. The first kappa shape index (κ1) is 21.6. The zero-order chi connectivity index (χ0) is 22.8. The molecule has 5 rings (SSSR count). The minimum Gasteiger partial charge on any atom is -0.454 e. The van der Waals surface area contributed by atoms with Gasteiger partial charge in [-0.05, 0) is 64.7 Å². The van der Waals surface area contributed by atoms with Gasteiger partial charge in [-0.1, -0.05) is 19.9 Å². The lowest BCUT2D eigenvalue weighted by atomic mass is 10.0. The highest BCUT2D eigenvalue weighted by Crippen LogP contribution is 2.33. The van der Waals surface area contributed by atoms with E-state index in [2.05, 4.69) is 39.2 Å². The van der Waals surface area contributed by atoms with Crippen LogP contribution in [0.3, 0.4) is 0 Å². The molecule has 0 aliphatic carbocycles. The topological polar surface area (TPSA) is 68.5 Å². The lowest BCUT2D eigenvalue weighted by Gasteiger charge is -2.40. The molecule has 0 saturated carbocycles. The van der Waals surface area contributed by atoms with E-state index >= 15 is 0 Å². The summed E-state index contributed by atoms with van der Waals surface area (Å²) in [6, 6.07) is 12.8. The average Bonchev–Trinajstić information content (AvgIpc) is 3.47. The summed E-state index contributed by atoms with van der Waals surface area (Å²) in [4.78, 5) is 4.78. The third kappa shape index (κ3) is 4.78. The monoisotopic (exact) mass is 452 g/mol. The van der Waals surface area contributed by atoms with Crippen molar-refractivity contribution in [2.75, 3.05) is 37.9 Å². The van der Waals surface area contributed by atoms with Gasteiger partial charge in [0.2, 0.25) is 6.79 Å². The molecule has 33 heavy (non-hydrogen) atoms. The third-order valence-corrected chi connectivity index (χ3v) is 6.27. The van der Waals surface area contributed by atoms with Crippen molar-refractivity contribution in [3.8, 4) is 11.5 Å². The lowest BCUT2D eigenvalue weighted by molar-refractivity contribution is 0.153. The molecule has 0 bridgehead atoms. The van der Waals surface area contributed by atoms with Crippen molar-refractivity contribution in [3.05, 3.63) is 59.7 Å². The van der Waals surface area contributed by atoms with Crippen LogP contribution in [0, 0.1) is 11.7 Å². The van der Waals surface area contributed by atoms with Crippen LogP contribution < -0.4 is 14.4 Å². The number of hydrogen-bond acceptors (Lipinski definition) is 7. The van der Waals surface area contributed by atoms with Gasteiger partial charge >= 0.3 is 0 Å². The molecule has 0 radical (unpaired) electrons. The highest BCUT2D eigenvalue weighted by atomic mass is 19.1. The van der Waals surface area contributed by atoms with Crippen LogP contribution in [0.25, 0.3) is 0 Å². The number of rotatable bonds is 7. The van der Waals surface area contributed by atoms with Gasteiger partial charge in [-0.15, -0.1) is 5.10 Å². The van der Waals surface area contributed by atoms with Crippen LogP contribution >= 0.6 is 0 Å². The molecule has 1 aromatic heterocycles. The van der Waals surface area contributed by atoms with E-state index in [4.69, 9.17) is 9.47 Å². The summed E-state index contributed by atoms with van der Waals surface area (Å²) in [6.45, 7) is 8.84. The van der Waals surface area contributed by atoms with Crippen molar-refractivity contribution in [2.45, 2.75) is 32.9 Å². The predicted molar refractivity (Wildman–Crippen MR) is 122 cm³/mol. The number of nitrogens with zero attached hydrogens (tertiary/aromatic N) is 6. The minimum atomic E-state index is -0.205. The van der Waals surface area contributed by atoms with Crippen LogP contribution in [0.2, 0.25) is 0 Å². The molecule has 2 aliphatic heterocycles. The second-order valence-corrected chi connectivity index (χ2v) is 9.03. The summed E-state index contributed by atoms with van der Waals surface area (Å²) in [5, 5.41) is 12.8. The van der Waals surface area contributed by atoms with Gasteiger partial charge in [0.1, 0.15) is 5.82 Å². The van der Waals surface area contributed by atoms with Crippen molar-refractivity contribution in [2.24, 2.45) is 5.92 Å². The molecule has 174 valence electrons. The Balaban J connectivity index is 1.32. The molecule has 1 fully saturated rings. The number of piperazine rings is 1. The largest absolute Gasteiger partial charge is 0.454 e. The molecule has 2 aliphatic rings. The Morgan fingerprint density at radius 1 is 0.970 bits per heavy atom. The number of halogens is 1. The molecule has 1 atom stereocenters. The fraction of sp³-hybridized carbons (Fsp3) is 0.458. The standard InChI is InChI=1S/C24H29FN6O2/c1-17(2)13-21(30-11-9-29(10-12-30)20-6-4-19(25)5-7-20)24-26-27-28-31(24)15-18-3-8-22-23(14-18)33-16-32-22/h3-8,14,17,21H,9-13,15-16H2,1-2H3/t21-/m1/s1. The third-order valence-electron chi connectivity index (χ3n) is 6.27. The first-order valence-corrected chi connectivity index (χ1v) is 11.5. The zero-order valence-corrected chi connectivity index (χ0v) is 19.0. The van der Waals surface area contributed by atoms with Crippen LogP contribution in [0.15, 0.2) is 42.5 Å². The van der Waals surface area contributed by atoms with Gasteiger partial charge in [0.15, 0.2) is 17.3 Å². The smallest absolute Gasteiger partial charge is 0.231 e. The van der Waals surface area contributed by atoms with Crippen LogP contribution in [0.5, 0.6) is 11.5 Å². The Bertz CT molecular complexity index is 1080. The fourth-order valence-corrected chi connectivity index (χ4v) is 4.58. The highest BCUT2D eigenvalue weighted by molar-refractivity contribution is 5.47. The molecule has 0 spiro atoms. The van der Waals surface area contributed by atoms with Crippen molar-refractivity contribution < 1.29 is 13.9 Å². The van der Waals surface area contributed by atoms with Crippen LogP contribution in [0.4, 0.5) is 10.1 Å². The molecule has 3 heterocycles. The number of tetrazole rings is 1. The van der Waals surface area contributed by atoms with Gasteiger partial charge in [-0.2, -0.15) is 0 Å². The molecule has 9 heteroatoms. The number of anilines is 1. The minimum absolute atomic E-state index is 0.129. The van der Waals surface area contributed by atoms with E-state index in [0.29, 0.717) is 12.5 Å².